The summed E-state index contributed by atoms with van der Waals surface area (Å²) >= 11 is 0. The Kier molecular flexibility index (Phi) is 3.50. The fourth-order valence-corrected chi connectivity index (χ4v) is 2.26. The number of rotatable bonds is 2. The normalized spacial score (nSPS) is 23.2. The molecule has 1 aromatic heterocycles. The molecule has 0 aliphatic carbocycles. The summed E-state index contributed by atoms with van der Waals surface area (Å²) in [7, 11) is 1.38. The third kappa shape index (κ3) is 2.30. The summed E-state index contributed by atoms with van der Waals surface area (Å²) in [6, 6.07) is 0. The van der Waals surface area contributed by atoms with Gasteiger partial charge in [0.25, 0.3) is 0 Å². The first-order chi connectivity index (χ1) is 8.52. The van der Waals surface area contributed by atoms with Crippen LogP contribution in [0.15, 0.2) is 6.20 Å². The van der Waals surface area contributed by atoms with Crippen molar-refractivity contribution in [2.45, 2.75) is 20.8 Å². The summed E-state index contributed by atoms with van der Waals surface area (Å²) in [5.74, 6) is 2.20. The average molecular weight is 249 g/mol. The highest BCUT2D eigenvalue weighted by Crippen LogP contribution is 2.28. The Balaban J connectivity index is 2.37. The van der Waals surface area contributed by atoms with Gasteiger partial charge in [0.05, 0.1) is 7.11 Å². The summed E-state index contributed by atoms with van der Waals surface area (Å²) in [5.41, 5.74) is 0.449. The minimum Gasteiger partial charge on any atom is -0.465 e. The third-order valence-electron chi connectivity index (χ3n) is 3.58. The Morgan fingerprint density at radius 2 is 2.00 bits per heavy atom. The van der Waals surface area contributed by atoms with E-state index in [1.807, 2.05) is 6.92 Å². The van der Waals surface area contributed by atoms with Crippen molar-refractivity contribution in [1.82, 2.24) is 9.97 Å². The number of aromatic nitrogens is 2. The molecule has 0 aromatic carbocycles. The summed E-state index contributed by atoms with van der Waals surface area (Å²) in [5, 5.41) is 0. The minimum absolute atomic E-state index is 0.378. The van der Waals surface area contributed by atoms with Crippen molar-refractivity contribution < 1.29 is 9.53 Å². The van der Waals surface area contributed by atoms with Gasteiger partial charge in [0.2, 0.25) is 0 Å². The van der Waals surface area contributed by atoms with E-state index >= 15 is 0 Å². The lowest BCUT2D eigenvalue weighted by atomic mass is 10.0. The smallest absolute Gasteiger partial charge is 0.343 e. The third-order valence-corrected chi connectivity index (χ3v) is 3.58. The standard InChI is InChI=1S/C13H19N3O2/c1-8-6-16(7-9(8)2)12-11(13(17)18-4)5-14-10(3)15-12/h5,8-9H,6-7H2,1-4H3. The number of hydrogen-bond donors (Lipinski definition) is 0. The number of aryl methyl sites for hydroxylation is 1. The zero-order valence-electron chi connectivity index (χ0n) is 11.3. The molecule has 18 heavy (non-hydrogen) atoms. The van der Waals surface area contributed by atoms with Crippen molar-refractivity contribution in [2.24, 2.45) is 11.8 Å². The van der Waals surface area contributed by atoms with Gasteiger partial charge < -0.3 is 9.64 Å². The van der Waals surface area contributed by atoms with Crippen molar-refractivity contribution in [3.63, 3.8) is 0 Å². The molecule has 0 radical (unpaired) electrons. The fraction of sp³-hybridized carbons (Fsp3) is 0.615. The number of carbonyl (C=O) groups is 1. The zero-order chi connectivity index (χ0) is 13.3. The second-order valence-electron chi connectivity index (χ2n) is 5.01. The van der Waals surface area contributed by atoms with Gasteiger partial charge in [-0.1, -0.05) is 13.8 Å². The van der Waals surface area contributed by atoms with E-state index in [9.17, 15) is 4.79 Å². The number of hydrogen-bond acceptors (Lipinski definition) is 5. The number of esters is 1. The lowest BCUT2D eigenvalue weighted by molar-refractivity contribution is 0.0600. The van der Waals surface area contributed by atoms with Crippen molar-refractivity contribution >= 4 is 11.8 Å². The second-order valence-corrected chi connectivity index (χ2v) is 5.01. The van der Waals surface area contributed by atoms with Crippen molar-refractivity contribution in [3.05, 3.63) is 17.6 Å². The summed E-state index contributed by atoms with van der Waals surface area (Å²) in [6.07, 6.45) is 1.55. The van der Waals surface area contributed by atoms with Gasteiger partial charge in [0, 0.05) is 19.3 Å². The highest BCUT2D eigenvalue weighted by molar-refractivity contribution is 5.94. The molecule has 2 unspecified atom stereocenters. The van der Waals surface area contributed by atoms with Gasteiger partial charge in [-0.05, 0) is 18.8 Å². The quantitative estimate of drug-likeness (QED) is 0.746. The van der Waals surface area contributed by atoms with Gasteiger partial charge in [-0.15, -0.1) is 0 Å². The van der Waals surface area contributed by atoms with Crippen LogP contribution >= 0.6 is 0 Å². The molecule has 0 spiro atoms. The maximum Gasteiger partial charge on any atom is 0.343 e. The van der Waals surface area contributed by atoms with Crippen LogP contribution in [-0.2, 0) is 4.74 Å². The van der Waals surface area contributed by atoms with E-state index in [1.165, 1.54) is 7.11 Å². The summed E-state index contributed by atoms with van der Waals surface area (Å²) in [4.78, 5) is 22.4. The number of carbonyl (C=O) groups excluding carboxylic acids is 1. The molecule has 0 N–H and O–H groups in total. The summed E-state index contributed by atoms with van der Waals surface area (Å²) < 4.78 is 4.78. The van der Waals surface area contributed by atoms with E-state index in [0.29, 0.717) is 29.0 Å². The molecule has 5 heteroatoms. The zero-order valence-corrected chi connectivity index (χ0v) is 11.3. The van der Waals surface area contributed by atoms with Crippen LogP contribution in [0, 0.1) is 18.8 Å². The van der Waals surface area contributed by atoms with Gasteiger partial charge in [0.1, 0.15) is 17.2 Å². The van der Waals surface area contributed by atoms with Crippen LogP contribution in [0.4, 0.5) is 5.82 Å². The molecule has 98 valence electrons. The Hall–Kier alpha value is -1.65. The molecule has 1 aliphatic rings. The molecule has 2 atom stereocenters. The van der Waals surface area contributed by atoms with Crippen molar-refractivity contribution in [3.8, 4) is 0 Å². The lowest BCUT2D eigenvalue weighted by Crippen LogP contribution is -2.24. The molecule has 1 aromatic rings. The van der Waals surface area contributed by atoms with E-state index in [1.54, 1.807) is 6.20 Å². The first kappa shape index (κ1) is 12.8. The predicted octanol–water partition coefficient (Wildman–Crippen LogP) is 1.66. The van der Waals surface area contributed by atoms with Crippen LogP contribution < -0.4 is 4.90 Å². The maximum absolute atomic E-state index is 11.7. The highest BCUT2D eigenvalue weighted by Gasteiger charge is 2.30. The largest absolute Gasteiger partial charge is 0.465 e. The van der Waals surface area contributed by atoms with Gasteiger partial charge in [-0.25, -0.2) is 14.8 Å². The average Bonchev–Trinajstić information content (AvgIpc) is 2.68. The minimum atomic E-state index is -0.378. The number of nitrogens with zero attached hydrogens (tertiary/aromatic N) is 3. The lowest BCUT2D eigenvalue weighted by Gasteiger charge is -2.19. The van der Waals surface area contributed by atoms with E-state index in [2.05, 4.69) is 28.7 Å². The predicted molar refractivity (Wildman–Crippen MR) is 68.6 cm³/mol. The molecule has 2 heterocycles. The van der Waals surface area contributed by atoms with E-state index < -0.39 is 0 Å². The van der Waals surface area contributed by atoms with Gasteiger partial charge in [-0.3, -0.25) is 0 Å². The molecule has 1 fully saturated rings. The highest BCUT2D eigenvalue weighted by atomic mass is 16.5. The second kappa shape index (κ2) is 4.92. The number of methoxy groups -OCH3 is 1. The fourth-order valence-electron chi connectivity index (χ4n) is 2.26. The Morgan fingerprint density at radius 1 is 1.39 bits per heavy atom. The monoisotopic (exact) mass is 249 g/mol. The van der Waals surface area contributed by atoms with Crippen LogP contribution in [0.25, 0.3) is 0 Å². The SMILES string of the molecule is COC(=O)c1cnc(C)nc1N1CC(C)C(C)C1. The van der Waals surface area contributed by atoms with Crippen molar-refractivity contribution in [1.29, 1.82) is 0 Å². The Morgan fingerprint density at radius 3 is 2.56 bits per heavy atom. The van der Waals surface area contributed by atoms with Gasteiger partial charge in [-0.2, -0.15) is 0 Å². The van der Waals surface area contributed by atoms with Crippen LogP contribution in [0.5, 0.6) is 0 Å². The molecule has 5 nitrogen and oxygen atoms in total. The first-order valence-electron chi connectivity index (χ1n) is 6.19. The van der Waals surface area contributed by atoms with Crippen LogP contribution in [-0.4, -0.2) is 36.1 Å². The van der Waals surface area contributed by atoms with E-state index in [0.717, 1.165) is 13.1 Å². The summed E-state index contributed by atoms with van der Waals surface area (Å²) in [6.45, 7) is 8.10. The van der Waals surface area contributed by atoms with Gasteiger partial charge in [0.15, 0.2) is 0 Å². The molecular formula is C13H19N3O2. The first-order valence-corrected chi connectivity index (χ1v) is 6.19. The van der Waals surface area contributed by atoms with Gasteiger partial charge >= 0.3 is 5.97 Å². The van der Waals surface area contributed by atoms with E-state index in [4.69, 9.17) is 4.74 Å². The number of ether oxygens (including phenoxy) is 1. The van der Waals surface area contributed by atoms with Crippen LogP contribution in [0.2, 0.25) is 0 Å². The molecule has 2 rings (SSSR count). The molecular weight excluding hydrogens is 230 g/mol. The maximum atomic E-state index is 11.7. The molecule has 0 bridgehead atoms. The molecule has 0 saturated carbocycles. The van der Waals surface area contributed by atoms with Crippen LogP contribution in [0.3, 0.4) is 0 Å². The molecule has 0 amide bonds. The molecule has 1 aliphatic heterocycles. The molecule has 1 saturated heterocycles. The Bertz CT molecular complexity index is 452. The number of anilines is 1. The van der Waals surface area contributed by atoms with E-state index in [-0.39, 0.29) is 5.97 Å². The topological polar surface area (TPSA) is 55.3 Å². The van der Waals surface area contributed by atoms with Crippen LogP contribution in [0.1, 0.15) is 30.0 Å². The Labute approximate surface area is 107 Å². The van der Waals surface area contributed by atoms with Crippen molar-refractivity contribution in [2.75, 3.05) is 25.1 Å².